The highest BCUT2D eigenvalue weighted by Gasteiger charge is 2.34. The van der Waals surface area contributed by atoms with E-state index in [9.17, 15) is 0 Å². The van der Waals surface area contributed by atoms with Crippen molar-refractivity contribution in [2.45, 2.75) is 6.54 Å². The van der Waals surface area contributed by atoms with Gasteiger partial charge in [-0.2, -0.15) is 14.2 Å². The molecule has 0 saturated heterocycles. The van der Waals surface area contributed by atoms with Crippen molar-refractivity contribution in [3.8, 4) is 11.5 Å². The monoisotopic (exact) mass is 250 g/mol. The summed E-state index contributed by atoms with van der Waals surface area (Å²) in [7, 11) is 0. The third-order valence-electron chi connectivity index (χ3n) is 3.49. The average molecular weight is 250 g/mol. The van der Waals surface area contributed by atoms with Crippen LogP contribution in [0.3, 0.4) is 0 Å². The highest BCUT2D eigenvalue weighted by molar-refractivity contribution is 5.71. The Morgan fingerprint density at radius 1 is 1.26 bits per heavy atom. The van der Waals surface area contributed by atoms with Gasteiger partial charge < -0.3 is 4.42 Å². The van der Waals surface area contributed by atoms with Crippen molar-refractivity contribution in [3.05, 3.63) is 42.4 Å². The van der Waals surface area contributed by atoms with Crippen LogP contribution < -0.4 is 4.57 Å². The molecule has 1 aliphatic heterocycles. The number of oxazole rings is 1. The Bertz CT molecular complexity index is 952. The van der Waals surface area contributed by atoms with E-state index in [-0.39, 0.29) is 0 Å². The molecule has 1 aliphatic rings. The number of hydrogen-bond donors (Lipinski definition) is 0. The molecular weight excluding hydrogens is 242 g/mol. The minimum Gasteiger partial charge on any atom is -0.395 e. The Morgan fingerprint density at radius 3 is 3.26 bits per heavy atom. The second-order valence-corrected chi connectivity index (χ2v) is 4.56. The van der Waals surface area contributed by atoms with Crippen LogP contribution in [-0.4, -0.2) is 19.6 Å². The SMILES string of the molecule is c1cnn2c(c1)nc1c2oc2[n+]1Cc1cnccc1-2. The first-order chi connectivity index (χ1) is 9.42. The number of nitrogens with zero attached hydrogens (tertiary/aromatic N) is 5. The molecule has 90 valence electrons. The lowest BCUT2D eigenvalue weighted by Gasteiger charge is -1.91. The molecule has 6 nitrogen and oxygen atoms in total. The van der Waals surface area contributed by atoms with Crippen LogP contribution in [0.25, 0.3) is 28.5 Å². The largest absolute Gasteiger partial charge is 0.395 e. The molecule has 4 aromatic heterocycles. The van der Waals surface area contributed by atoms with E-state index in [0.29, 0.717) is 5.71 Å². The van der Waals surface area contributed by atoms with Crippen molar-refractivity contribution in [2.75, 3.05) is 0 Å². The Morgan fingerprint density at radius 2 is 2.26 bits per heavy atom. The molecule has 0 N–H and O–H groups in total. The molecule has 0 radical (unpaired) electrons. The number of rotatable bonds is 0. The Labute approximate surface area is 106 Å². The first-order valence-corrected chi connectivity index (χ1v) is 6.01. The fourth-order valence-electron chi connectivity index (χ4n) is 2.64. The first-order valence-electron chi connectivity index (χ1n) is 6.01. The van der Waals surface area contributed by atoms with Gasteiger partial charge in [0, 0.05) is 30.2 Å². The van der Waals surface area contributed by atoms with Crippen molar-refractivity contribution >= 4 is 17.0 Å². The van der Waals surface area contributed by atoms with Gasteiger partial charge in [-0.25, -0.2) is 0 Å². The highest BCUT2D eigenvalue weighted by atomic mass is 16.4. The quantitative estimate of drug-likeness (QED) is 0.387. The van der Waals surface area contributed by atoms with Gasteiger partial charge in [-0.1, -0.05) is 0 Å². The number of hydrogen-bond acceptors (Lipinski definition) is 4. The van der Waals surface area contributed by atoms with Crippen molar-refractivity contribution in [1.82, 2.24) is 19.6 Å². The summed E-state index contributed by atoms with van der Waals surface area (Å²) in [5.41, 5.74) is 4.55. The number of fused-ring (bicyclic) bond motifs is 7. The van der Waals surface area contributed by atoms with Gasteiger partial charge in [-0.15, -0.1) is 0 Å². The summed E-state index contributed by atoms with van der Waals surface area (Å²) in [6.07, 6.45) is 5.38. The van der Waals surface area contributed by atoms with Crippen LogP contribution in [0, 0.1) is 0 Å². The van der Waals surface area contributed by atoms with E-state index in [1.807, 2.05) is 24.4 Å². The zero-order valence-electron chi connectivity index (χ0n) is 9.82. The molecule has 5 heterocycles. The lowest BCUT2D eigenvalue weighted by molar-refractivity contribution is -0.651. The van der Waals surface area contributed by atoms with Crippen molar-refractivity contribution < 1.29 is 8.98 Å². The van der Waals surface area contributed by atoms with E-state index < -0.39 is 0 Å². The third-order valence-corrected chi connectivity index (χ3v) is 3.49. The number of pyridine rings is 1. The summed E-state index contributed by atoms with van der Waals surface area (Å²) in [6, 6.07) is 5.75. The number of imidazole rings is 1. The molecular formula is C13H8N5O+. The molecule has 4 aromatic rings. The summed E-state index contributed by atoms with van der Waals surface area (Å²) < 4.78 is 9.75. The summed E-state index contributed by atoms with van der Waals surface area (Å²) >= 11 is 0. The maximum Gasteiger partial charge on any atom is 0.392 e. The van der Waals surface area contributed by atoms with Gasteiger partial charge in [-0.05, 0) is 17.1 Å². The molecule has 0 aliphatic carbocycles. The van der Waals surface area contributed by atoms with Crippen molar-refractivity contribution in [2.24, 2.45) is 0 Å². The summed E-state index contributed by atoms with van der Waals surface area (Å²) in [4.78, 5) is 8.73. The minimum absolute atomic E-state index is 0.688. The molecule has 19 heavy (non-hydrogen) atoms. The minimum atomic E-state index is 0.688. The zero-order valence-corrected chi connectivity index (χ0v) is 9.82. The van der Waals surface area contributed by atoms with Crippen LogP contribution in [0.1, 0.15) is 5.56 Å². The lowest BCUT2D eigenvalue weighted by Crippen LogP contribution is -2.30. The van der Waals surface area contributed by atoms with Gasteiger partial charge in [0.1, 0.15) is 6.54 Å². The molecule has 5 rings (SSSR count). The van der Waals surface area contributed by atoms with Gasteiger partial charge in [-0.3, -0.25) is 4.98 Å². The van der Waals surface area contributed by atoms with E-state index in [0.717, 1.165) is 34.9 Å². The predicted octanol–water partition coefficient (Wildman–Crippen LogP) is 1.19. The third kappa shape index (κ3) is 1.02. The Balaban J connectivity index is 1.93. The topological polar surface area (TPSA) is 60.1 Å². The van der Waals surface area contributed by atoms with E-state index in [1.165, 1.54) is 0 Å². The van der Waals surface area contributed by atoms with E-state index in [1.54, 1.807) is 16.9 Å². The van der Waals surface area contributed by atoms with Crippen LogP contribution >= 0.6 is 0 Å². The fourth-order valence-corrected chi connectivity index (χ4v) is 2.64. The van der Waals surface area contributed by atoms with Crippen LogP contribution in [0.4, 0.5) is 0 Å². The van der Waals surface area contributed by atoms with Crippen LogP contribution in [0.5, 0.6) is 0 Å². The van der Waals surface area contributed by atoms with Gasteiger partial charge >= 0.3 is 11.4 Å². The van der Waals surface area contributed by atoms with Gasteiger partial charge in [0.05, 0.1) is 5.56 Å². The van der Waals surface area contributed by atoms with Gasteiger partial charge in [0.15, 0.2) is 0 Å². The maximum absolute atomic E-state index is 5.96. The molecule has 0 atom stereocenters. The molecule has 0 bridgehead atoms. The molecule has 0 aromatic carbocycles. The molecule has 6 heteroatoms. The second kappa shape index (κ2) is 2.97. The smallest absolute Gasteiger partial charge is 0.392 e. The standard InChI is InChI=1S/C13H8N5O/c1-2-10-16-11-13(18(10)15-4-1)19-12-9-3-5-14-6-8(9)7-17(11)12/h1-6H,7H2/q+1. The first kappa shape index (κ1) is 9.21. The predicted molar refractivity (Wildman–Crippen MR) is 65.3 cm³/mol. The average Bonchev–Trinajstić information content (AvgIpc) is 3.07. The van der Waals surface area contributed by atoms with Crippen LogP contribution in [0.15, 0.2) is 41.2 Å². The second-order valence-electron chi connectivity index (χ2n) is 4.56. The van der Waals surface area contributed by atoms with Crippen molar-refractivity contribution in [1.29, 1.82) is 0 Å². The van der Waals surface area contributed by atoms with Gasteiger partial charge in [0.2, 0.25) is 0 Å². The Hall–Kier alpha value is -2.76. The molecule has 0 fully saturated rings. The summed E-state index contributed by atoms with van der Waals surface area (Å²) in [5.74, 6) is 0.829. The van der Waals surface area contributed by atoms with Crippen LogP contribution in [-0.2, 0) is 6.54 Å². The number of aromatic nitrogens is 5. The normalized spacial score (nSPS) is 13.1. The molecule has 0 saturated carbocycles. The van der Waals surface area contributed by atoms with Crippen molar-refractivity contribution in [3.63, 3.8) is 0 Å². The van der Waals surface area contributed by atoms with E-state index >= 15 is 0 Å². The van der Waals surface area contributed by atoms with Gasteiger partial charge in [0.25, 0.3) is 11.5 Å². The van der Waals surface area contributed by atoms with E-state index in [2.05, 4.69) is 19.6 Å². The molecule has 0 unspecified atom stereocenters. The highest BCUT2D eigenvalue weighted by Crippen LogP contribution is 2.30. The molecule has 0 amide bonds. The Kier molecular flexibility index (Phi) is 1.44. The summed E-state index contributed by atoms with van der Waals surface area (Å²) in [6.45, 7) is 0.745. The molecule has 0 spiro atoms. The van der Waals surface area contributed by atoms with Crippen LogP contribution in [0.2, 0.25) is 0 Å². The maximum atomic E-state index is 5.96. The lowest BCUT2D eigenvalue weighted by atomic mass is 10.2. The zero-order chi connectivity index (χ0) is 12.4. The van der Waals surface area contributed by atoms with E-state index in [4.69, 9.17) is 4.42 Å². The fraction of sp³-hybridized carbons (Fsp3) is 0.0769. The summed E-state index contributed by atoms with van der Waals surface area (Å²) in [5, 5.41) is 4.27.